The molecule has 2 unspecified atom stereocenters. The van der Waals surface area contributed by atoms with E-state index in [1.165, 1.54) is 0 Å². The number of likely N-dealkylation sites (tertiary alicyclic amines) is 1. The van der Waals surface area contributed by atoms with E-state index in [0.29, 0.717) is 31.0 Å². The van der Waals surface area contributed by atoms with Crippen LogP contribution in [0.5, 0.6) is 0 Å². The van der Waals surface area contributed by atoms with Crippen molar-refractivity contribution in [3.8, 4) is 0 Å². The molecule has 1 aromatic heterocycles. The van der Waals surface area contributed by atoms with Crippen LogP contribution >= 0.6 is 0 Å². The molecule has 0 spiro atoms. The zero-order valence-electron chi connectivity index (χ0n) is 20.5. The smallest absolute Gasteiger partial charge is 0.410 e. The van der Waals surface area contributed by atoms with Crippen molar-refractivity contribution in [1.29, 1.82) is 0 Å². The molecule has 2 N–H and O–H groups in total. The van der Waals surface area contributed by atoms with Gasteiger partial charge in [0, 0.05) is 38.5 Å². The number of imide groups is 1. The van der Waals surface area contributed by atoms with Gasteiger partial charge < -0.3 is 15.0 Å². The van der Waals surface area contributed by atoms with Gasteiger partial charge in [-0.25, -0.2) is 4.79 Å². The van der Waals surface area contributed by atoms with Crippen molar-refractivity contribution in [2.24, 2.45) is 13.0 Å². The highest BCUT2D eigenvalue weighted by atomic mass is 16.6. The Labute approximate surface area is 200 Å². The number of rotatable bonds is 5. The summed E-state index contributed by atoms with van der Waals surface area (Å²) in [6.45, 7) is 7.90. The second-order valence-corrected chi connectivity index (χ2v) is 10.4. The summed E-state index contributed by atoms with van der Waals surface area (Å²) in [5.41, 5.74) is 2.14. The Balaban J connectivity index is 1.40. The third-order valence-corrected chi connectivity index (χ3v) is 6.50. The molecule has 0 aliphatic carbocycles. The zero-order valence-corrected chi connectivity index (χ0v) is 20.5. The number of fused-ring (bicyclic) bond motifs is 1. The maximum Gasteiger partial charge on any atom is 0.410 e. The van der Waals surface area contributed by atoms with Gasteiger partial charge in [0.25, 0.3) is 0 Å². The quantitative estimate of drug-likeness (QED) is 0.649. The lowest BCUT2D eigenvalue weighted by atomic mass is 9.92. The Kier molecular flexibility index (Phi) is 6.81. The van der Waals surface area contributed by atoms with Crippen molar-refractivity contribution in [1.82, 2.24) is 20.0 Å². The summed E-state index contributed by atoms with van der Waals surface area (Å²) < 4.78 is 7.35. The van der Waals surface area contributed by atoms with Gasteiger partial charge in [0.2, 0.25) is 11.8 Å². The molecule has 2 aliphatic heterocycles. The molecule has 2 aliphatic rings. The first-order valence-corrected chi connectivity index (χ1v) is 12.1. The molecule has 2 fully saturated rings. The van der Waals surface area contributed by atoms with Crippen LogP contribution in [-0.2, 0) is 21.4 Å². The number of carbonyl (C=O) groups excluding carboxylic acids is 3. The van der Waals surface area contributed by atoms with E-state index in [-0.39, 0.29) is 17.9 Å². The van der Waals surface area contributed by atoms with E-state index in [9.17, 15) is 14.4 Å². The molecule has 34 heavy (non-hydrogen) atoms. The Morgan fingerprint density at radius 1 is 1.26 bits per heavy atom. The maximum atomic E-state index is 12.4. The molecule has 2 aromatic rings. The monoisotopic (exact) mass is 469 g/mol. The van der Waals surface area contributed by atoms with Crippen LogP contribution in [0.15, 0.2) is 18.2 Å². The fraction of sp³-hybridized carbons (Fsp3) is 0.600. The number of para-hydroxylation sites is 1. The summed E-state index contributed by atoms with van der Waals surface area (Å²) in [6.07, 6.45) is 3.59. The van der Waals surface area contributed by atoms with Gasteiger partial charge in [-0.3, -0.25) is 19.6 Å². The SMILES string of the molecule is Cn1nc(C2CCC(=O)NC2=O)c2cccc(NCCC3CCCN(C(=O)OC(C)(C)C)C3)c21. The number of ether oxygens (including phenoxy) is 1. The van der Waals surface area contributed by atoms with Crippen LogP contribution in [0, 0.1) is 5.92 Å². The number of nitrogens with one attached hydrogen (secondary N) is 2. The van der Waals surface area contributed by atoms with E-state index in [1.54, 1.807) is 0 Å². The molecule has 3 heterocycles. The summed E-state index contributed by atoms with van der Waals surface area (Å²) in [5.74, 6) is -0.505. The average molecular weight is 470 g/mol. The van der Waals surface area contributed by atoms with Crippen LogP contribution in [0.1, 0.15) is 64.5 Å². The zero-order chi connectivity index (χ0) is 24.5. The highest BCUT2D eigenvalue weighted by Gasteiger charge is 2.32. The number of aryl methyl sites for hydroxylation is 1. The Bertz CT molecular complexity index is 1090. The minimum Gasteiger partial charge on any atom is -0.444 e. The molecule has 0 radical (unpaired) electrons. The largest absolute Gasteiger partial charge is 0.444 e. The number of anilines is 1. The molecular weight excluding hydrogens is 434 g/mol. The molecule has 2 atom stereocenters. The highest BCUT2D eigenvalue weighted by Crippen LogP contribution is 2.33. The lowest BCUT2D eigenvalue weighted by molar-refractivity contribution is -0.134. The average Bonchev–Trinajstić information content (AvgIpc) is 3.10. The number of benzene rings is 1. The number of hydrogen-bond donors (Lipinski definition) is 2. The molecule has 3 amide bonds. The summed E-state index contributed by atoms with van der Waals surface area (Å²) in [7, 11) is 1.88. The van der Waals surface area contributed by atoms with Gasteiger partial charge in [0.05, 0.1) is 22.8 Å². The minimum atomic E-state index is -0.486. The van der Waals surface area contributed by atoms with Crippen molar-refractivity contribution in [2.45, 2.75) is 64.4 Å². The normalized spacial score (nSPS) is 21.5. The third kappa shape index (κ3) is 5.34. The van der Waals surface area contributed by atoms with Crippen molar-refractivity contribution in [3.63, 3.8) is 0 Å². The maximum absolute atomic E-state index is 12.4. The molecule has 0 saturated carbocycles. The van der Waals surface area contributed by atoms with Crippen LogP contribution in [0.4, 0.5) is 10.5 Å². The molecule has 1 aromatic carbocycles. The van der Waals surface area contributed by atoms with E-state index < -0.39 is 11.5 Å². The Hall–Kier alpha value is -3.10. The van der Waals surface area contributed by atoms with Crippen molar-refractivity contribution < 1.29 is 19.1 Å². The van der Waals surface area contributed by atoms with Gasteiger partial charge in [-0.1, -0.05) is 12.1 Å². The van der Waals surface area contributed by atoms with Gasteiger partial charge in [0.15, 0.2) is 0 Å². The van der Waals surface area contributed by atoms with Gasteiger partial charge in [-0.15, -0.1) is 0 Å². The van der Waals surface area contributed by atoms with Crippen molar-refractivity contribution in [2.75, 3.05) is 25.0 Å². The van der Waals surface area contributed by atoms with E-state index >= 15 is 0 Å². The van der Waals surface area contributed by atoms with Crippen LogP contribution < -0.4 is 10.6 Å². The summed E-state index contributed by atoms with van der Waals surface area (Å²) >= 11 is 0. The van der Waals surface area contributed by atoms with Gasteiger partial charge in [-0.2, -0.15) is 5.10 Å². The van der Waals surface area contributed by atoms with E-state index in [4.69, 9.17) is 4.74 Å². The standard InChI is InChI=1S/C25H35N5O4/c1-25(2,3)34-24(33)30-14-6-7-16(15-30)12-13-26-19-9-5-8-17-21(28-29(4)22(17)19)18-10-11-20(31)27-23(18)32/h5,8-9,16,18,26H,6-7,10-15H2,1-4H3,(H,27,31,32). The van der Waals surface area contributed by atoms with Gasteiger partial charge >= 0.3 is 6.09 Å². The van der Waals surface area contributed by atoms with Crippen molar-refractivity contribution >= 4 is 34.5 Å². The second-order valence-electron chi connectivity index (χ2n) is 10.4. The molecular formula is C25H35N5O4. The molecule has 9 heteroatoms. The molecule has 9 nitrogen and oxygen atoms in total. The lowest BCUT2D eigenvalue weighted by Gasteiger charge is -2.34. The van der Waals surface area contributed by atoms with Crippen LogP contribution in [0.2, 0.25) is 0 Å². The predicted octanol–water partition coefficient (Wildman–Crippen LogP) is 3.54. The molecule has 4 rings (SSSR count). The topological polar surface area (TPSA) is 106 Å². The number of nitrogens with zero attached hydrogens (tertiary/aromatic N) is 3. The Morgan fingerprint density at radius 2 is 2.06 bits per heavy atom. The number of amides is 3. The summed E-state index contributed by atoms with van der Waals surface area (Å²) in [5, 5.41) is 11.6. The number of piperidine rings is 2. The highest BCUT2D eigenvalue weighted by molar-refractivity contribution is 6.03. The van der Waals surface area contributed by atoms with Crippen LogP contribution in [0.25, 0.3) is 10.9 Å². The van der Waals surface area contributed by atoms with Crippen molar-refractivity contribution in [3.05, 3.63) is 23.9 Å². The van der Waals surface area contributed by atoms with E-state index in [1.807, 2.05) is 55.6 Å². The molecule has 0 bridgehead atoms. The second kappa shape index (κ2) is 9.64. The van der Waals surface area contributed by atoms with Gasteiger partial charge in [0.1, 0.15) is 5.60 Å². The first-order chi connectivity index (χ1) is 16.1. The number of carbonyl (C=O) groups is 3. The third-order valence-electron chi connectivity index (χ3n) is 6.50. The summed E-state index contributed by atoms with van der Waals surface area (Å²) in [6, 6.07) is 5.96. The fourth-order valence-electron chi connectivity index (χ4n) is 4.92. The first-order valence-electron chi connectivity index (χ1n) is 12.1. The number of aromatic nitrogens is 2. The number of hydrogen-bond acceptors (Lipinski definition) is 6. The minimum absolute atomic E-state index is 0.225. The lowest BCUT2D eigenvalue weighted by Crippen LogP contribution is -2.43. The summed E-state index contributed by atoms with van der Waals surface area (Å²) in [4.78, 5) is 38.2. The van der Waals surface area contributed by atoms with E-state index in [0.717, 1.165) is 48.9 Å². The van der Waals surface area contributed by atoms with Crippen LogP contribution in [-0.4, -0.2) is 57.8 Å². The van der Waals surface area contributed by atoms with E-state index in [2.05, 4.69) is 15.7 Å². The molecule has 184 valence electrons. The predicted molar refractivity (Wildman–Crippen MR) is 129 cm³/mol. The Morgan fingerprint density at radius 3 is 2.79 bits per heavy atom. The molecule has 2 saturated heterocycles. The first kappa shape index (κ1) is 24.0. The van der Waals surface area contributed by atoms with Crippen LogP contribution in [0.3, 0.4) is 0 Å². The van der Waals surface area contributed by atoms with Gasteiger partial charge in [-0.05, 0) is 58.4 Å². The fourth-order valence-corrected chi connectivity index (χ4v) is 4.92.